The molecule has 0 aliphatic carbocycles. The molecule has 0 amide bonds. The van der Waals surface area contributed by atoms with Gasteiger partial charge in [-0.05, 0) is 55.0 Å². The van der Waals surface area contributed by atoms with Crippen LogP contribution in [-0.2, 0) is 0 Å². The molecule has 0 aromatic heterocycles. The molecule has 0 N–H and O–H groups in total. The molecule has 0 saturated carbocycles. The Hall–Kier alpha value is -3.50. The topological polar surface area (TPSA) is 45.0 Å². The monoisotopic (exact) mass is 413 g/mol. The van der Waals surface area contributed by atoms with E-state index in [-0.39, 0.29) is 5.78 Å². The van der Waals surface area contributed by atoms with Gasteiger partial charge in [0.1, 0.15) is 5.84 Å². The number of ketones is 1. The van der Waals surface area contributed by atoms with E-state index in [1.54, 1.807) is 23.2 Å². The molecule has 1 aliphatic rings. The average molecular weight is 414 g/mol. The number of aliphatic imine (C=N–C) groups is 1. The number of amidine groups is 1. The fourth-order valence-electron chi connectivity index (χ4n) is 3.15. The first kappa shape index (κ1) is 19.8. The van der Waals surface area contributed by atoms with Crippen LogP contribution in [0.25, 0.3) is 6.08 Å². The van der Waals surface area contributed by atoms with Crippen molar-refractivity contribution in [3.63, 3.8) is 0 Å². The highest BCUT2D eigenvalue weighted by Gasteiger charge is 2.22. The van der Waals surface area contributed by atoms with Crippen LogP contribution in [0.15, 0.2) is 95.0 Å². The molecule has 0 spiro atoms. The van der Waals surface area contributed by atoms with Crippen LogP contribution in [0.1, 0.15) is 29.3 Å². The van der Waals surface area contributed by atoms with Gasteiger partial charge in [-0.15, -0.1) is 0 Å². The van der Waals surface area contributed by atoms with E-state index >= 15 is 0 Å². The lowest BCUT2D eigenvalue weighted by Gasteiger charge is -2.16. The molecule has 0 bridgehead atoms. The standard InChI is InChI=1S/C25H20ClN3O/c1-18-17-25(29(28-18)23-10-6-5-9-22(23)26)27-21-14-12-20(13-15-21)24(30)16-11-19-7-3-2-4-8-19/h2-16H,17H2,1H3/b16-11+,27-25?. The Morgan fingerprint density at radius 1 is 1.00 bits per heavy atom. The Labute approximate surface area is 180 Å². The maximum Gasteiger partial charge on any atom is 0.185 e. The fourth-order valence-corrected chi connectivity index (χ4v) is 3.37. The highest BCUT2D eigenvalue weighted by atomic mass is 35.5. The van der Waals surface area contributed by atoms with Crippen LogP contribution in [0.3, 0.4) is 0 Å². The van der Waals surface area contributed by atoms with E-state index in [1.807, 2.05) is 79.7 Å². The second-order valence-electron chi connectivity index (χ2n) is 6.96. The summed E-state index contributed by atoms with van der Waals surface area (Å²) in [6, 6.07) is 24.6. The van der Waals surface area contributed by atoms with Gasteiger partial charge in [0.2, 0.25) is 0 Å². The largest absolute Gasteiger partial charge is 0.289 e. The van der Waals surface area contributed by atoms with Gasteiger partial charge in [-0.2, -0.15) is 5.10 Å². The summed E-state index contributed by atoms with van der Waals surface area (Å²) in [5.41, 5.74) is 4.13. The highest BCUT2D eigenvalue weighted by molar-refractivity contribution is 6.34. The van der Waals surface area contributed by atoms with Crippen LogP contribution >= 0.6 is 11.6 Å². The van der Waals surface area contributed by atoms with Gasteiger partial charge in [0.25, 0.3) is 0 Å². The van der Waals surface area contributed by atoms with Crippen LogP contribution in [0.2, 0.25) is 5.02 Å². The van der Waals surface area contributed by atoms with Crippen molar-refractivity contribution in [3.8, 4) is 0 Å². The second kappa shape index (κ2) is 8.89. The van der Waals surface area contributed by atoms with Crippen LogP contribution < -0.4 is 5.01 Å². The van der Waals surface area contributed by atoms with Crippen LogP contribution in [-0.4, -0.2) is 17.3 Å². The van der Waals surface area contributed by atoms with Gasteiger partial charge >= 0.3 is 0 Å². The first-order valence-corrected chi connectivity index (χ1v) is 10.0. The Morgan fingerprint density at radius 2 is 1.70 bits per heavy atom. The normalized spacial score (nSPS) is 15.1. The predicted octanol–water partition coefficient (Wildman–Crippen LogP) is 6.55. The van der Waals surface area contributed by atoms with E-state index < -0.39 is 0 Å². The van der Waals surface area contributed by atoms with Gasteiger partial charge < -0.3 is 0 Å². The van der Waals surface area contributed by atoms with Gasteiger partial charge in [0.05, 0.1) is 16.4 Å². The molecule has 0 radical (unpaired) electrons. The lowest BCUT2D eigenvalue weighted by Crippen LogP contribution is -2.20. The summed E-state index contributed by atoms with van der Waals surface area (Å²) >= 11 is 6.34. The van der Waals surface area contributed by atoms with Crippen molar-refractivity contribution in [2.45, 2.75) is 13.3 Å². The molecule has 1 aliphatic heterocycles. The number of carbonyl (C=O) groups excluding carboxylic acids is 1. The summed E-state index contributed by atoms with van der Waals surface area (Å²) < 4.78 is 0. The second-order valence-corrected chi connectivity index (χ2v) is 7.37. The number of hydrazone groups is 1. The first-order valence-electron chi connectivity index (χ1n) is 9.64. The van der Waals surface area contributed by atoms with E-state index in [4.69, 9.17) is 16.6 Å². The van der Waals surface area contributed by atoms with Crippen molar-refractivity contribution in [2.24, 2.45) is 10.1 Å². The molecule has 3 aromatic carbocycles. The highest BCUT2D eigenvalue weighted by Crippen LogP contribution is 2.30. The third-order valence-electron chi connectivity index (χ3n) is 4.65. The number of anilines is 1. The molecule has 0 atom stereocenters. The van der Waals surface area contributed by atoms with Gasteiger partial charge in [-0.3, -0.25) is 4.79 Å². The lowest BCUT2D eigenvalue weighted by atomic mass is 10.1. The number of allylic oxidation sites excluding steroid dienone is 1. The quantitative estimate of drug-likeness (QED) is 0.351. The molecule has 0 fully saturated rings. The number of rotatable bonds is 5. The third-order valence-corrected chi connectivity index (χ3v) is 4.97. The molecule has 1 heterocycles. The third kappa shape index (κ3) is 4.56. The van der Waals surface area contributed by atoms with Crippen molar-refractivity contribution in [1.82, 2.24) is 0 Å². The van der Waals surface area contributed by atoms with E-state index in [1.165, 1.54) is 0 Å². The number of hydrogen-bond acceptors (Lipinski definition) is 3. The van der Waals surface area contributed by atoms with Gasteiger partial charge in [-0.25, -0.2) is 10.0 Å². The molecule has 3 aromatic rings. The fraction of sp³-hybridized carbons (Fsp3) is 0.0800. The number of hydrogen-bond donors (Lipinski definition) is 0. The molecule has 148 valence electrons. The van der Waals surface area contributed by atoms with E-state index in [2.05, 4.69) is 5.10 Å². The summed E-state index contributed by atoms with van der Waals surface area (Å²) in [5, 5.41) is 6.96. The van der Waals surface area contributed by atoms with Crippen molar-refractivity contribution < 1.29 is 4.79 Å². The zero-order valence-electron chi connectivity index (χ0n) is 16.5. The molecule has 5 heteroatoms. The molecule has 4 nitrogen and oxygen atoms in total. The Kier molecular flexibility index (Phi) is 5.87. The van der Waals surface area contributed by atoms with Gasteiger partial charge in [0.15, 0.2) is 5.78 Å². The maximum absolute atomic E-state index is 12.4. The zero-order chi connectivity index (χ0) is 20.9. The predicted molar refractivity (Wildman–Crippen MR) is 125 cm³/mol. The summed E-state index contributed by atoms with van der Waals surface area (Å²) in [7, 11) is 0. The maximum atomic E-state index is 12.4. The summed E-state index contributed by atoms with van der Waals surface area (Å²) in [5.74, 6) is 0.749. The number of benzene rings is 3. The molecular formula is C25H20ClN3O. The van der Waals surface area contributed by atoms with Crippen molar-refractivity contribution in [3.05, 3.63) is 101 Å². The van der Waals surface area contributed by atoms with Gasteiger partial charge in [0, 0.05) is 17.7 Å². The van der Waals surface area contributed by atoms with Gasteiger partial charge in [-0.1, -0.05) is 60.1 Å². The average Bonchev–Trinajstić information content (AvgIpc) is 3.13. The number of carbonyl (C=O) groups is 1. The molecular weight excluding hydrogens is 394 g/mol. The SMILES string of the molecule is CC1=NN(c2ccccc2Cl)C(=Nc2ccc(C(=O)/C=C/c3ccccc3)cc2)C1. The lowest BCUT2D eigenvalue weighted by molar-refractivity contribution is 0.104. The minimum Gasteiger partial charge on any atom is -0.289 e. The Bertz CT molecular complexity index is 1150. The number of para-hydroxylation sites is 1. The molecule has 4 rings (SSSR count). The van der Waals surface area contributed by atoms with Crippen LogP contribution in [0.4, 0.5) is 11.4 Å². The summed E-state index contributed by atoms with van der Waals surface area (Å²) in [4.78, 5) is 17.2. The smallest absolute Gasteiger partial charge is 0.185 e. The van der Waals surface area contributed by atoms with E-state index in [0.29, 0.717) is 17.0 Å². The van der Waals surface area contributed by atoms with E-state index in [9.17, 15) is 4.79 Å². The van der Waals surface area contributed by atoms with Crippen molar-refractivity contribution in [1.29, 1.82) is 0 Å². The Balaban J connectivity index is 1.52. The van der Waals surface area contributed by atoms with Crippen LogP contribution in [0, 0.1) is 0 Å². The number of halogens is 1. The summed E-state index contributed by atoms with van der Waals surface area (Å²) in [6.45, 7) is 1.97. The number of nitrogens with zero attached hydrogens (tertiary/aromatic N) is 3. The zero-order valence-corrected chi connectivity index (χ0v) is 17.3. The minimum absolute atomic E-state index is 0.0456. The molecule has 0 unspecified atom stereocenters. The Morgan fingerprint density at radius 3 is 2.43 bits per heavy atom. The van der Waals surface area contributed by atoms with Crippen molar-refractivity contribution in [2.75, 3.05) is 5.01 Å². The molecule has 30 heavy (non-hydrogen) atoms. The van der Waals surface area contributed by atoms with Crippen LogP contribution in [0.5, 0.6) is 0 Å². The summed E-state index contributed by atoms with van der Waals surface area (Å²) in [6.07, 6.45) is 4.05. The van der Waals surface area contributed by atoms with Crippen molar-refractivity contribution >= 4 is 46.4 Å². The first-order chi connectivity index (χ1) is 14.6. The molecule has 0 saturated heterocycles. The van der Waals surface area contributed by atoms with E-state index in [0.717, 1.165) is 28.5 Å². The minimum atomic E-state index is -0.0456.